The number of aliphatic hydroxyl groups excluding tert-OH is 1. The molecule has 5 nitrogen and oxygen atoms in total. The smallest absolute Gasteiger partial charge is 0.164 e. The summed E-state index contributed by atoms with van der Waals surface area (Å²) < 4.78 is 7.65. The number of hydrogen-bond acceptors (Lipinski definition) is 4. The van der Waals surface area contributed by atoms with E-state index in [-0.39, 0.29) is 0 Å². The molecule has 1 aromatic heterocycles. The van der Waals surface area contributed by atoms with Crippen molar-refractivity contribution in [3.8, 4) is 5.75 Å². The first-order valence-corrected chi connectivity index (χ1v) is 7.02. The Morgan fingerprint density at radius 1 is 1.30 bits per heavy atom. The normalized spacial score (nSPS) is 12.3. The number of aryl methyl sites for hydroxylation is 1. The van der Waals surface area contributed by atoms with Gasteiger partial charge >= 0.3 is 0 Å². The van der Waals surface area contributed by atoms with Gasteiger partial charge in [0.05, 0.1) is 6.10 Å². The number of benzene rings is 1. The predicted molar refractivity (Wildman–Crippen MR) is 76.3 cm³/mol. The molecular formula is C15H21N3O2. The van der Waals surface area contributed by atoms with E-state index in [1.54, 1.807) is 6.33 Å². The van der Waals surface area contributed by atoms with Crippen molar-refractivity contribution in [1.82, 2.24) is 14.8 Å². The zero-order valence-electron chi connectivity index (χ0n) is 12.0. The van der Waals surface area contributed by atoms with E-state index in [0.29, 0.717) is 18.8 Å². The third-order valence-electron chi connectivity index (χ3n) is 3.15. The summed E-state index contributed by atoms with van der Waals surface area (Å²) in [5.74, 6) is 1.50. The maximum Gasteiger partial charge on any atom is 0.164 e. The lowest BCUT2D eigenvalue weighted by molar-refractivity contribution is 0.165. The van der Waals surface area contributed by atoms with Crippen LogP contribution in [0.25, 0.3) is 0 Å². The van der Waals surface area contributed by atoms with Gasteiger partial charge in [-0.3, -0.25) is 0 Å². The minimum atomic E-state index is -0.500. The molecule has 1 aromatic carbocycles. The molecule has 2 aromatic rings. The number of rotatable bonds is 7. The van der Waals surface area contributed by atoms with Gasteiger partial charge in [0.15, 0.2) is 5.82 Å². The third kappa shape index (κ3) is 3.36. The van der Waals surface area contributed by atoms with E-state index in [2.05, 4.69) is 17.0 Å². The summed E-state index contributed by atoms with van der Waals surface area (Å²) in [6, 6.07) is 7.56. The van der Waals surface area contributed by atoms with Crippen molar-refractivity contribution in [3.63, 3.8) is 0 Å². The molecule has 0 aliphatic rings. The highest BCUT2D eigenvalue weighted by atomic mass is 16.5. The van der Waals surface area contributed by atoms with Gasteiger partial charge in [-0.2, -0.15) is 5.10 Å². The van der Waals surface area contributed by atoms with E-state index in [1.165, 1.54) is 0 Å². The number of nitrogens with zero attached hydrogens (tertiary/aromatic N) is 3. The van der Waals surface area contributed by atoms with Gasteiger partial charge in [-0.15, -0.1) is 0 Å². The summed E-state index contributed by atoms with van der Waals surface area (Å²) in [5, 5.41) is 14.2. The Morgan fingerprint density at radius 2 is 2.10 bits per heavy atom. The standard InChI is InChI=1S/C15H21N3O2/c1-3-9-18-15(16-11-17-18)10-20-14-8-6-5-7-12(14)13(19)4-2/h5-8,11,13,19H,3-4,9-10H2,1-2H3. The van der Waals surface area contributed by atoms with Crippen LogP contribution in [0, 0.1) is 0 Å². The van der Waals surface area contributed by atoms with Crippen LogP contribution in [0.4, 0.5) is 0 Å². The number of aliphatic hydroxyl groups is 1. The van der Waals surface area contributed by atoms with Gasteiger partial charge in [0.2, 0.25) is 0 Å². The molecule has 0 radical (unpaired) electrons. The summed E-state index contributed by atoms with van der Waals surface area (Å²) in [7, 11) is 0. The second kappa shape index (κ2) is 7.05. The van der Waals surface area contributed by atoms with Gasteiger partial charge in [0.25, 0.3) is 0 Å². The van der Waals surface area contributed by atoms with E-state index in [4.69, 9.17) is 4.74 Å². The lowest BCUT2D eigenvalue weighted by Gasteiger charge is -2.14. The van der Waals surface area contributed by atoms with E-state index >= 15 is 0 Å². The summed E-state index contributed by atoms with van der Waals surface area (Å²) >= 11 is 0. The van der Waals surface area contributed by atoms with Crippen molar-refractivity contribution < 1.29 is 9.84 Å². The molecule has 2 rings (SSSR count). The summed E-state index contributed by atoms with van der Waals surface area (Å²) in [6.45, 7) is 5.23. The Bertz CT molecular complexity index is 539. The highest BCUT2D eigenvalue weighted by molar-refractivity contribution is 5.35. The van der Waals surface area contributed by atoms with Gasteiger partial charge < -0.3 is 9.84 Å². The first kappa shape index (κ1) is 14.5. The molecule has 5 heteroatoms. The fraction of sp³-hybridized carbons (Fsp3) is 0.467. The zero-order valence-corrected chi connectivity index (χ0v) is 12.0. The predicted octanol–water partition coefficient (Wildman–Crippen LogP) is 2.71. The summed E-state index contributed by atoms with van der Waals surface area (Å²) in [5.41, 5.74) is 0.816. The van der Waals surface area contributed by atoms with Crippen molar-refractivity contribution >= 4 is 0 Å². The maximum absolute atomic E-state index is 9.99. The lowest BCUT2D eigenvalue weighted by atomic mass is 10.1. The van der Waals surface area contributed by atoms with Crippen LogP contribution in [0.5, 0.6) is 5.75 Å². The quantitative estimate of drug-likeness (QED) is 0.844. The molecule has 1 N–H and O–H groups in total. The fourth-order valence-electron chi connectivity index (χ4n) is 2.05. The SMILES string of the molecule is CCCn1ncnc1COc1ccccc1C(O)CC. The monoisotopic (exact) mass is 275 g/mol. The highest BCUT2D eigenvalue weighted by Gasteiger charge is 2.12. The van der Waals surface area contributed by atoms with Crippen LogP contribution < -0.4 is 4.74 Å². The number of para-hydroxylation sites is 1. The second-order valence-electron chi connectivity index (χ2n) is 4.65. The van der Waals surface area contributed by atoms with Crippen LogP contribution in [-0.4, -0.2) is 19.9 Å². The van der Waals surface area contributed by atoms with E-state index < -0.39 is 6.10 Å². The molecule has 20 heavy (non-hydrogen) atoms. The van der Waals surface area contributed by atoms with Crippen molar-refractivity contribution in [2.45, 2.75) is 45.9 Å². The first-order chi connectivity index (χ1) is 9.76. The minimum absolute atomic E-state index is 0.355. The third-order valence-corrected chi connectivity index (χ3v) is 3.15. The summed E-state index contributed by atoms with van der Waals surface area (Å²) in [6.07, 6.45) is 2.70. The molecular weight excluding hydrogens is 254 g/mol. The van der Waals surface area contributed by atoms with Crippen LogP contribution in [0.15, 0.2) is 30.6 Å². The van der Waals surface area contributed by atoms with Gasteiger partial charge in [0, 0.05) is 12.1 Å². The second-order valence-corrected chi connectivity index (χ2v) is 4.65. The first-order valence-electron chi connectivity index (χ1n) is 7.02. The average molecular weight is 275 g/mol. The van der Waals surface area contributed by atoms with Crippen LogP contribution in [0.3, 0.4) is 0 Å². The van der Waals surface area contributed by atoms with Gasteiger partial charge in [0.1, 0.15) is 18.7 Å². The maximum atomic E-state index is 9.99. The Balaban J connectivity index is 2.09. The Kier molecular flexibility index (Phi) is 5.12. The number of ether oxygens (including phenoxy) is 1. The van der Waals surface area contributed by atoms with E-state index in [1.807, 2.05) is 35.9 Å². The Labute approximate surface area is 119 Å². The molecule has 108 valence electrons. The Morgan fingerprint density at radius 3 is 2.85 bits per heavy atom. The molecule has 0 aliphatic heterocycles. The summed E-state index contributed by atoms with van der Waals surface area (Å²) in [4.78, 5) is 4.21. The van der Waals surface area contributed by atoms with Crippen molar-refractivity contribution in [1.29, 1.82) is 0 Å². The van der Waals surface area contributed by atoms with Crippen LogP contribution in [-0.2, 0) is 13.2 Å². The van der Waals surface area contributed by atoms with E-state index in [9.17, 15) is 5.11 Å². The zero-order chi connectivity index (χ0) is 14.4. The molecule has 0 aliphatic carbocycles. The van der Waals surface area contributed by atoms with Crippen molar-refractivity contribution in [3.05, 3.63) is 42.0 Å². The van der Waals surface area contributed by atoms with Gasteiger partial charge in [-0.05, 0) is 18.9 Å². The average Bonchev–Trinajstić information content (AvgIpc) is 2.92. The Hall–Kier alpha value is -1.88. The van der Waals surface area contributed by atoms with Gasteiger partial charge in [-0.1, -0.05) is 32.0 Å². The largest absolute Gasteiger partial charge is 0.485 e. The molecule has 0 spiro atoms. The van der Waals surface area contributed by atoms with Crippen molar-refractivity contribution in [2.24, 2.45) is 0 Å². The minimum Gasteiger partial charge on any atom is -0.485 e. The topological polar surface area (TPSA) is 60.2 Å². The molecule has 0 saturated carbocycles. The molecule has 0 saturated heterocycles. The number of aromatic nitrogens is 3. The molecule has 1 unspecified atom stereocenters. The molecule has 0 bridgehead atoms. The van der Waals surface area contributed by atoms with E-state index in [0.717, 1.165) is 24.4 Å². The van der Waals surface area contributed by atoms with Crippen LogP contribution >= 0.6 is 0 Å². The van der Waals surface area contributed by atoms with Crippen LogP contribution in [0.2, 0.25) is 0 Å². The lowest BCUT2D eigenvalue weighted by Crippen LogP contribution is -2.09. The molecule has 1 heterocycles. The van der Waals surface area contributed by atoms with Gasteiger partial charge in [-0.25, -0.2) is 9.67 Å². The molecule has 0 amide bonds. The van der Waals surface area contributed by atoms with Crippen LogP contribution in [0.1, 0.15) is 44.2 Å². The molecule has 1 atom stereocenters. The van der Waals surface area contributed by atoms with Crippen molar-refractivity contribution in [2.75, 3.05) is 0 Å². The molecule has 0 fully saturated rings. The fourth-order valence-corrected chi connectivity index (χ4v) is 2.05. The number of hydrogen-bond donors (Lipinski definition) is 1. The highest BCUT2D eigenvalue weighted by Crippen LogP contribution is 2.27.